The van der Waals surface area contributed by atoms with Crippen molar-refractivity contribution in [2.24, 2.45) is 5.92 Å². The van der Waals surface area contributed by atoms with Gasteiger partial charge < -0.3 is 19.7 Å². The molecule has 4 heterocycles. The van der Waals surface area contributed by atoms with Crippen LogP contribution in [0.25, 0.3) is 21.8 Å². The lowest BCUT2D eigenvalue weighted by molar-refractivity contribution is -0.125. The molecule has 10 heteroatoms. The van der Waals surface area contributed by atoms with E-state index >= 15 is 0 Å². The van der Waals surface area contributed by atoms with Gasteiger partial charge >= 0.3 is 0 Å². The molecule has 1 N–H and O–H groups in total. The van der Waals surface area contributed by atoms with Crippen LogP contribution in [0, 0.1) is 5.92 Å². The van der Waals surface area contributed by atoms with Crippen LogP contribution in [-0.2, 0) is 4.79 Å². The molecule has 5 rings (SSSR count). The molecule has 0 unspecified atom stereocenters. The molecule has 1 aromatic carbocycles. The third kappa shape index (κ3) is 6.21. The summed E-state index contributed by atoms with van der Waals surface area (Å²) in [6.45, 7) is 2.29. The lowest BCUT2D eigenvalue weighted by atomic mass is 9.96. The molecule has 1 aliphatic rings. The quantitative estimate of drug-likeness (QED) is 0.332. The predicted octanol–water partition coefficient (Wildman–Crippen LogP) is 4.08. The molecule has 9 nitrogen and oxygen atoms in total. The molecule has 0 saturated carbocycles. The lowest BCUT2D eigenvalue weighted by Gasteiger charge is -2.31. The topological polar surface area (TPSA) is 102 Å². The Labute approximate surface area is 219 Å². The van der Waals surface area contributed by atoms with Crippen molar-refractivity contribution in [3.63, 3.8) is 0 Å². The third-order valence-electron chi connectivity index (χ3n) is 6.29. The zero-order chi connectivity index (χ0) is 25.5. The van der Waals surface area contributed by atoms with E-state index in [0.717, 1.165) is 59.3 Å². The Morgan fingerprint density at radius 1 is 0.973 bits per heavy atom. The Morgan fingerprint density at radius 3 is 2.41 bits per heavy atom. The van der Waals surface area contributed by atoms with Gasteiger partial charge in [-0.1, -0.05) is 6.07 Å². The second-order valence-corrected chi connectivity index (χ2v) is 9.59. The number of amides is 1. The van der Waals surface area contributed by atoms with Crippen LogP contribution >= 0.6 is 11.3 Å². The number of piperidine rings is 1. The van der Waals surface area contributed by atoms with E-state index in [2.05, 4.69) is 30.6 Å². The van der Waals surface area contributed by atoms with Crippen molar-refractivity contribution in [1.29, 1.82) is 0 Å². The summed E-state index contributed by atoms with van der Waals surface area (Å²) in [5, 5.41) is 22.1. The number of thiophene rings is 1. The molecular formula is C27H28N6O3S. The average molecular weight is 517 g/mol. The maximum absolute atomic E-state index is 12.6. The Kier molecular flexibility index (Phi) is 7.85. The monoisotopic (exact) mass is 516 g/mol. The minimum absolute atomic E-state index is 0.0207. The Morgan fingerprint density at radius 2 is 1.76 bits per heavy atom. The summed E-state index contributed by atoms with van der Waals surface area (Å²) in [5.74, 6) is 2.12. The summed E-state index contributed by atoms with van der Waals surface area (Å²) >= 11 is 1.62. The van der Waals surface area contributed by atoms with Crippen LogP contribution in [-0.4, -0.2) is 59.7 Å². The summed E-state index contributed by atoms with van der Waals surface area (Å²) in [6.07, 6.45) is 1.54. The maximum atomic E-state index is 12.6. The summed E-state index contributed by atoms with van der Waals surface area (Å²) in [7, 11) is 1.65. The van der Waals surface area contributed by atoms with Crippen LogP contribution in [0.4, 0.5) is 5.82 Å². The van der Waals surface area contributed by atoms with Crippen molar-refractivity contribution in [2.45, 2.75) is 12.8 Å². The number of aromatic nitrogens is 4. The van der Waals surface area contributed by atoms with E-state index in [0.29, 0.717) is 19.0 Å². The van der Waals surface area contributed by atoms with Gasteiger partial charge in [-0.05, 0) is 66.8 Å². The van der Waals surface area contributed by atoms with Crippen LogP contribution in [0.2, 0.25) is 0 Å². The van der Waals surface area contributed by atoms with Crippen molar-refractivity contribution in [3.05, 3.63) is 66.0 Å². The van der Waals surface area contributed by atoms with Gasteiger partial charge in [0.15, 0.2) is 5.82 Å². The summed E-state index contributed by atoms with van der Waals surface area (Å²) in [6, 6.07) is 19.4. The fraction of sp³-hybridized carbons (Fsp3) is 0.296. The predicted molar refractivity (Wildman–Crippen MR) is 143 cm³/mol. The largest absolute Gasteiger partial charge is 0.497 e. The first-order chi connectivity index (χ1) is 18.2. The minimum atomic E-state index is -0.0207. The van der Waals surface area contributed by atoms with Crippen molar-refractivity contribution in [3.8, 4) is 33.5 Å². The Balaban J connectivity index is 1.03. The highest BCUT2D eigenvalue weighted by Gasteiger charge is 2.25. The number of ether oxygens (including phenoxy) is 2. The fourth-order valence-electron chi connectivity index (χ4n) is 4.21. The molecule has 37 heavy (non-hydrogen) atoms. The molecule has 190 valence electrons. The number of nitrogens with one attached hydrogen (secondary N) is 1. The minimum Gasteiger partial charge on any atom is -0.497 e. The molecule has 1 aliphatic heterocycles. The van der Waals surface area contributed by atoms with Gasteiger partial charge in [0.25, 0.3) is 0 Å². The molecular weight excluding hydrogens is 488 g/mol. The van der Waals surface area contributed by atoms with Gasteiger partial charge in [-0.2, -0.15) is 0 Å². The van der Waals surface area contributed by atoms with Crippen LogP contribution < -0.4 is 19.7 Å². The fourth-order valence-corrected chi connectivity index (χ4v) is 4.90. The van der Waals surface area contributed by atoms with Gasteiger partial charge in [-0.3, -0.25) is 4.79 Å². The number of carbonyl (C=O) groups is 1. The van der Waals surface area contributed by atoms with Crippen LogP contribution in [0.5, 0.6) is 11.6 Å². The molecule has 4 aromatic rings. The Bertz CT molecular complexity index is 1270. The van der Waals surface area contributed by atoms with E-state index < -0.39 is 0 Å². The number of methoxy groups -OCH3 is 1. The molecule has 1 amide bonds. The molecule has 1 saturated heterocycles. The number of anilines is 1. The van der Waals surface area contributed by atoms with E-state index in [9.17, 15) is 4.79 Å². The lowest BCUT2D eigenvalue weighted by Crippen LogP contribution is -2.41. The van der Waals surface area contributed by atoms with Gasteiger partial charge in [0.2, 0.25) is 11.8 Å². The maximum Gasteiger partial charge on any atom is 0.233 e. The molecule has 0 spiro atoms. The molecule has 0 bridgehead atoms. The van der Waals surface area contributed by atoms with E-state index in [1.165, 1.54) is 0 Å². The smallest absolute Gasteiger partial charge is 0.233 e. The summed E-state index contributed by atoms with van der Waals surface area (Å²) in [5.41, 5.74) is 2.62. The number of hydrogen-bond acceptors (Lipinski definition) is 9. The number of benzene rings is 1. The standard InChI is InChI=1S/C27H28N6O3S/c1-35-21-6-4-19(5-7-21)22-8-10-25(31-29-22)33-15-12-20(13-16-33)27(34)28-14-17-36-26-11-9-23(30-32-26)24-3-2-18-37-24/h2-11,18,20H,12-17H2,1H3,(H,28,34). The van der Waals surface area contributed by atoms with E-state index in [4.69, 9.17) is 9.47 Å². The number of nitrogens with zero attached hydrogens (tertiary/aromatic N) is 5. The van der Waals surface area contributed by atoms with Gasteiger partial charge in [0, 0.05) is 30.6 Å². The second kappa shape index (κ2) is 11.8. The summed E-state index contributed by atoms with van der Waals surface area (Å²) < 4.78 is 10.8. The van der Waals surface area contributed by atoms with Crippen molar-refractivity contribution in [1.82, 2.24) is 25.7 Å². The van der Waals surface area contributed by atoms with E-state index in [-0.39, 0.29) is 11.8 Å². The number of hydrogen-bond donors (Lipinski definition) is 1. The van der Waals surface area contributed by atoms with Crippen LogP contribution in [0.3, 0.4) is 0 Å². The summed E-state index contributed by atoms with van der Waals surface area (Å²) in [4.78, 5) is 15.9. The number of rotatable bonds is 9. The van der Waals surface area contributed by atoms with Gasteiger partial charge in [-0.25, -0.2) is 0 Å². The van der Waals surface area contributed by atoms with Gasteiger partial charge in [-0.15, -0.1) is 31.7 Å². The third-order valence-corrected chi connectivity index (χ3v) is 7.18. The SMILES string of the molecule is COc1ccc(-c2ccc(N3CCC(C(=O)NCCOc4ccc(-c5cccs5)nn4)CC3)nn2)cc1. The van der Waals surface area contributed by atoms with Crippen molar-refractivity contribution < 1.29 is 14.3 Å². The Hall–Kier alpha value is -4.05. The molecule has 0 atom stereocenters. The van der Waals surface area contributed by atoms with Crippen LogP contribution in [0.15, 0.2) is 66.0 Å². The van der Waals surface area contributed by atoms with Crippen molar-refractivity contribution >= 4 is 23.1 Å². The first-order valence-electron chi connectivity index (χ1n) is 12.2. The van der Waals surface area contributed by atoms with Gasteiger partial charge in [0.05, 0.1) is 24.2 Å². The highest BCUT2D eigenvalue weighted by atomic mass is 32.1. The first kappa shape index (κ1) is 24.6. The van der Waals surface area contributed by atoms with Crippen LogP contribution in [0.1, 0.15) is 12.8 Å². The molecule has 0 radical (unpaired) electrons. The highest BCUT2D eigenvalue weighted by Crippen LogP contribution is 2.25. The average Bonchev–Trinajstić information content (AvgIpc) is 3.51. The van der Waals surface area contributed by atoms with E-state index in [1.54, 1.807) is 24.5 Å². The normalized spacial score (nSPS) is 13.8. The zero-order valence-electron chi connectivity index (χ0n) is 20.5. The molecule has 0 aliphatic carbocycles. The van der Waals surface area contributed by atoms with E-state index in [1.807, 2.05) is 60.0 Å². The first-order valence-corrected chi connectivity index (χ1v) is 13.1. The highest BCUT2D eigenvalue weighted by molar-refractivity contribution is 7.13. The van der Waals surface area contributed by atoms with Crippen molar-refractivity contribution in [2.75, 3.05) is 38.3 Å². The van der Waals surface area contributed by atoms with Gasteiger partial charge in [0.1, 0.15) is 18.1 Å². The molecule has 3 aromatic heterocycles. The second-order valence-electron chi connectivity index (χ2n) is 8.64. The number of carbonyl (C=O) groups excluding carboxylic acids is 1. The zero-order valence-corrected chi connectivity index (χ0v) is 21.4. The molecule has 1 fully saturated rings.